The van der Waals surface area contributed by atoms with Crippen LogP contribution in [0.15, 0.2) is 18.2 Å². The number of carboxylic acid groups (broad SMARTS) is 1. The van der Waals surface area contributed by atoms with E-state index >= 15 is 0 Å². The number of carboxylic acids is 1. The van der Waals surface area contributed by atoms with E-state index in [1.165, 1.54) is 13.1 Å². The fourth-order valence-electron chi connectivity index (χ4n) is 2.24. The minimum absolute atomic E-state index is 0.0386. The molecule has 0 bridgehead atoms. The Bertz CT molecular complexity index is 563. The zero-order chi connectivity index (χ0) is 14.4. The van der Waals surface area contributed by atoms with E-state index in [2.05, 4.69) is 0 Å². The number of fused-ring (bicyclic) bond motifs is 1. The second kappa shape index (κ2) is 4.29. The first-order valence-corrected chi connectivity index (χ1v) is 5.56. The number of likely N-dealkylation sites (N-methyl/N-ethyl adjacent to an activating group) is 1. The number of nitrogens with zero attached hydrogens (tertiary/aromatic N) is 1. The number of anilines is 1. The molecule has 0 aromatic heterocycles. The molecule has 2 rings (SSSR count). The number of aliphatic carboxylic acids is 1. The van der Waals surface area contributed by atoms with E-state index in [0.717, 1.165) is 17.0 Å². The summed E-state index contributed by atoms with van der Waals surface area (Å²) in [5, 5.41) is 19.2. The Balaban J connectivity index is 2.49. The summed E-state index contributed by atoms with van der Waals surface area (Å²) in [7, 11) is 1.42. The third kappa shape index (κ3) is 1.96. The van der Waals surface area contributed by atoms with Gasteiger partial charge in [0.15, 0.2) is 5.60 Å². The molecule has 1 amide bonds. The summed E-state index contributed by atoms with van der Waals surface area (Å²) < 4.78 is 13.3. The third-order valence-electron chi connectivity index (χ3n) is 3.26. The molecule has 0 aliphatic carbocycles. The van der Waals surface area contributed by atoms with Crippen LogP contribution in [0.1, 0.15) is 12.0 Å². The molecule has 0 fully saturated rings. The molecule has 7 heteroatoms. The zero-order valence-electron chi connectivity index (χ0n) is 10.1. The first-order chi connectivity index (χ1) is 8.77. The summed E-state index contributed by atoms with van der Waals surface area (Å²) >= 11 is 0. The van der Waals surface area contributed by atoms with Gasteiger partial charge in [-0.1, -0.05) is 0 Å². The van der Waals surface area contributed by atoms with Gasteiger partial charge < -0.3 is 20.8 Å². The van der Waals surface area contributed by atoms with Crippen molar-refractivity contribution in [3.05, 3.63) is 29.6 Å². The summed E-state index contributed by atoms with van der Waals surface area (Å²) in [5.41, 5.74) is 3.63. The van der Waals surface area contributed by atoms with E-state index < -0.39 is 35.8 Å². The molecular weight excluding hydrogens is 255 g/mol. The van der Waals surface area contributed by atoms with Gasteiger partial charge in [0.05, 0.1) is 5.69 Å². The highest BCUT2D eigenvalue weighted by molar-refractivity contribution is 6.06. The van der Waals surface area contributed by atoms with Crippen molar-refractivity contribution in [1.29, 1.82) is 0 Å². The maximum atomic E-state index is 13.3. The number of hydrogen-bond donors (Lipinski definition) is 3. The molecule has 2 atom stereocenters. The van der Waals surface area contributed by atoms with Gasteiger partial charge in [-0.25, -0.2) is 4.39 Å². The van der Waals surface area contributed by atoms with Crippen LogP contribution in [0.4, 0.5) is 10.1 Å². The summed E-state index contributed by atoms with van der Waals surface area (Å²) in [6.45, 7) is 0. The average molecular weight is 268 g/mol. The van der Waals surface area contributed by atoms with Crippen LogP contribution in [0.2, 0.25) is 0 Å². The van der Waals surface area contributed by atoms with E-state index in [-0.39, 0.29) is 5.56 Å². The number of aliphatic hydroxyl groups is 1. The van der Waals surface area contributed by atoms with Crippen molar-refractivity contribution in [2.45, 2.75) is 18.1 Å². The van der Waals surface area contributed by atoms with Crippen molar-refractivity contribution in [3.63, 3.8) is 0 Å². The topological polar surface area (TPSA) is 104 Å². The Morgan fingerprint density at radius 3 is 2.79 bits per heavy atom. The lowest BCUT2D eigenvalue weighted by atomic mass is 9.88. The van der Waals surface area contributed by atoms with Gasteiger partial charge in [0, 0.05) is 19.0 Å². The summed E-state index contributed by atoms with van der Waals surface area (Å²) in [6, 6.07) is 2.11. The quantitative estimate of drug-likeness (QED) is 0.703. The van der Waals surface area contributed by atoms with Crippen molar-refractivity contribution in [2.24, 2.45) is 5.73 Å². The van der Waals surface area contributed by atoms with Crippen LogP contribution >= 0.6 is 0 Å². The summed E-state index contributed by atoms with van der Waals surface area (Å²) in [4.78, 5) is 24.0. The first-order valence-electron chi connectivity index (χ1n) is 5.56. The fraction of sp³-hybridized carbons (Fsp3) is 0.333. The van der Waals surface area contributed by atoms with E-state index in [1.807, 2.05) is 0 Å². The molecule has 102 valence electrons. The molecule has 1 aromatic carbocycles. The Kier molecular flexibility index (Phi) is 3.03. The van der Waals surface area contributed by atoms with E-state index in [4.69, 9.17) is 10.8 Å². The number of amides is 1. The smallest absolute Gasteiger partial charge is 0.320 e. The molecule has 0 unspecified atom stereocenters. The van der Waals surface area contributed by atoms with Crippen LogP contribution in [-0.2, 0) is 15.2 Å². The molecule has 19 heavy (non-hydrogen) atoms. The lowest BCUT2D eigenvalue weighted by Crippen LogP contribution is -2.45. The maximum Gasteiger partial charge on any atom is 0.320 e. The molecule has 0 spiro atoms. The fourth-order valence-corrected chi connectivity index (χ4v) is 2.24. The predicted molar refractivity (Wildman–Crippen MR) is 63.9 cm³/mol. The van der Waals surface area contributed by atoms with Crippen LogP contribution in [0.5, 0.6) is 0 Å². The molecule has 1 aliphatic heterocycles. The molecule has 0 saturated heterocycles. The van der Waals surface area contributed by atoms with Gasteiger partial charge in [-0.3, -0.25) is 9.59 Å². The average Bonchev–Trinajstić information content (AvgIpc) is 2.52. The largest absolute Gasteiger partial charge is 0.480 e. The van der Waals surface area contributed by atoms with Gasteiger partial charge in [0.25, 0.3) is 5.91 Å². The lowest BCUT2D eigenvalue weighted by molar-refractivity contribution is -0.144. The van der Waals surface area contributed by atoms with Gasteiger partial charge >= 0.3 is 5.97 Å². The molecule has 1 aromatic rings. The maximum absolute atomic E-state index is 13.3. The van der Waals surface area contributed by atoms with Gasteiger partial charge in [-0.2, -0.15) is 0 Å². The number of rotatable bonds is 3. The second-order valence-corrected chi connectivity index (χ2v) is 4.53. The molecule has 1 heterocycles. The summed E-state index contributed by atoms with van der Waals surface area (Å²) in [6.07, 6.45) is -0.512. The van der Waals surface area contributed by atoms with Gasteiger partial charge in [-0.05, 0) is 18.2 Å². The standard InChI is InChI=1S/C12H13FN2O4/c1-15-9-3-2-6(13)4-7(9)12(19,11(15)18)5-8(14)10(16)17/h2-4,8,19H,5,14H2,1H3,(H,16,17)/t8-,12-/m0/s1. The Labute approximate surface area is 108 Å². The van der Waals surface area contributed by atoms with Crippen LogP contribution in [0.3, 0.4) is 0 Å². The first kappa shape index (κ1) is 13.4. The highest BCUT2D eigenvalue weighted by Gasteiger charge is 2.50. The van der Waals surface area contributed by atoms with E-state index in [0.29, 0.717) is 5.69 Å². The number of halogens is 1. The van der Waals surface area contributed by atoms with Crippen molar-refractivity contribution in [2.75, 3.05) is 11.9 Å². The number of benzene rings is 1. The molecule has 6 nitrogen and oxygen atoms in total. The lowest BCUT2D eigenvalue weighted by Gasteiger charge is -2.23. The van der Waals surface area contributed by atoms with Gasteiger partial charge in [0.2, 0.25) is 0 Å². The Morgan fingerprint density at radius 1 is 1.58 bits per heavy atom. The number of hydrogen-bond acceptors (Lipinski definition) is 4. The number of carbonyl (C=O) groups excluding carboxylic acids is 1. The van der Waals surface area contributed by atoms with Crippen LogP contribution in [0, 0.1) is 5.82 Å². The normalized spacial score (nSPS) is 23.4. The van der Waals surface area contributed by atoms with E-state index in [9.17, 15) is 19.1 Å². The number of nitrogens with two attached hydrogens (primary N) is 1. The molecule has 0 saturated carbocycles. The van der Waals surface area contributed by atoms with E-state index in [1.54, 1.807) is 0 Å². The number of carbonyl (C=O) groups is 2. The highest BCUT2D eigenvalue weighted by Crippen LogP contribution is 2.42. The highest BCUT2D eigenvalue weighted by atomic mass is 19.1. The Morgan fingerprint density at radius 2 is 2.21 bits per heavy atom. The van der Waals surface area contributed by atoms with Crippen LogP contribution in [-0.4, -0.2) is 35.2 Å². The van der Waals surface area contributed by atoms with Crippen molar-refractivity contribution < 1.29 is 24.2 Å². The third-order valence-corrected chi connectivity index (χ3v) is 3.26. The van der Waals surface area contributed by atoms with Gasteiger partial charge in [-0.15, -0.1) is 0 Å². The predicted octanol–water partition coefficient (Wildman–Crippen LogP) is -0.208. The summed E-state index contributed by atoms with van der Waals surface area (Å²) in [5.74, 6) is -2.68. The Hall–Kier alpha value is -1.99. The van der Waals surface area contributed by atoms with Crippen molar-refractivity contribution >= 4 is 17.6 Å². The van der Waals surface area contributed by atoms with Crippen molar-refractivity contribution in [3.8, 4) is 0 Å². The monoisotopic (exact) mass is 268 g/mol. The molecule has 0 radical (unpaired) electrons. The SMILES string of the molecule is CN1C(=O)[C@](O)(C[C@H](N)C(=O)O)c2cc(F)ccc21. The van der Waals surface area contributed by atoms with Crippen LogP contribution < -0.4 is 10.6 Å². The van der Waals surface area contributed by atoms with Crippen molar-refractivity contribution in [1.82, 2.24) is 0 Å². The van der Waals surface area contributed by atoms with Gasteiger partial charge in [0.1, 0.15) is 11.9 Å². The zero-order valence-corrected chi connectivity index (χ0v) is 10.1. The molecule has 4 N–H and O–H groups in total. The minimum Gasteiger partial charge on any atom is -0.480 e. The molecular formula is C12H13FN2O4. The molecule has 1 aliphatic rings. The second-order valence-electron chi connectivity index (χ2n) is 4.53. The minimum atomic E-state index is -2.11. The van der Waals surface area contributed by atoms with Crippen LogP contribution in [0.25, 0.3) is 0 Å².